The Hall–Kier alpha value is -2.22. The van der Waals surface area contributed by atoms with Crippen LogP contribution in [0.2, 0.25) is 0 Å². The van der Waals surface area contributed by atoms with Gasteiger partial charge < -0.3 is 4.79 Å². The first-order valence-electron chi connectivity index (χ1n) is 7.93. The third-order valence-electron chi connectivity index (χ3n) is 3.79. The van der Waals surface area contributed by atoms with Crippen molar-refractivity contribution in [1.29, 1.82) is 0 Å². The molecule has 2 nitrogen and oxygen atoms in total. The van der Waals surface area contributed by atoms with Crippen molar-refractivity contribution in [3.05, 3.63) is 60.2 Å². The molecule has 122 valence electrons. The summed E-state index contributed by atoms with van der Waals surface area (Å²) in [6.45, 7) is 0. The number of carbonyl (C=O) groups excluding carboxylic acids is 2. The highest BCUT2D eigenvalue weighted by Gasteiger charge is 2.06. The van der Waals surface area contributed by atoms with Gasteiger partial charge >= 0.3 is 0 Å². The predicted octanol–water partition coefficient (Wildman–Crippen LogP) is 5.71. The van der Waals surface area contributed by atoms with Crippen molar-refractivity contribution in [1.82, 2.24) is 0 Å². The molecule has 0 N–H and O–H groups in total. The number of hydrogen-bond donors (Lipinski definition) is 0. The van der Waals surface area contributed by atoms with E-state index in [1.807, 2.05) is 42.5 Å². The van der Waals surface area contributed by atoms with Crippen LogP contribution < -0.4 is 0 Å². The molecule has 0 aliphatic heterocycles. The SMILES string of the molecule is C.O=CCCCCCCC(=O)c1ccc(-c2ccccc2)cc1. The van der Waals surface area contributed by atoms with Crippen LogP contribution in [0.1, 0.15) is 56.3 Å². The molecule has 0 amide bonds. The monoisotopic (exact) mass is 310 g/mol. The molecular formula is C21H26O2. The number of Topliss-reactive ketones (excluding diaryl/α,β-unsaturated/α-hetero) is 1. The first-order chi connectivity index (χ1) is 10.8. The average molecular weight is 310 g/mol. The summed E-state index contributed by atoms with van der Waals surface area (Å²) in [6, 6.07) is 18.0. The number of unbranched alkanes of at least 4 members (excludes halogenated alkanes) is 4. The number of benzene rings is 2. The maximum Gasteiger partial charge on any atom is 0.162 e. The van der Waals surface area contributed by atoms with Crippen molar-refractivity contribution < 1.29 is 9.59 Å². The van der Waals surface area contributed by atoms with Gasteiger partial charge in [0.25, 0.3) is 0 Å². The largest absolute Gasteiger partial charge is 0.303 e. The molecule has 0 unspecified atom stereocenters. The molecule has 0 fully saturated rings. The fourth-order valence-electron chi connectivity index (χ4n) is 2.49. The Morgan fingerprint density at radius 3 is 2.04 bits per heavy atom. The second-order valence-corrected chi connectivity index (χ2v) is 5.49. The van der Waals surface area contributed by atoms with Crippen LogP contribution in [0.25, 0.3) is 11.1 Å². The molecule has 0 bridgehead atoms. The third kappa shape index (κ3) is 6.19. The maximum absolute atomic E-state index is 12.1. The van der Waals surface area contributed by atoms with E-state index >= 15 is 0 Å². The maximum atomic E-state index is 12.1. The lowest BCUT2D eigenvalue weighted by atomic mass is 10.00. The van der Waals surface area contributed by atoms with E-state index in [0.717, 1.165) is 48.7 Å². The van der Waals surface area contributed by atoms with Crippen LogP contribution in [0, 0.1) is 0 Å². The molecular weight excluding hydrogens is 284 g/mol. The van der Waals surface area contributed by atoms with E-state index in [-0.39, 0.29) is 13.2 Å². The lowest BCUT2D eigenvalue weighted by Gasteiger charge is -2.04. The number of aldehydes is 1. The van der Waals surface area contributed by atoms with Crippen LogP contribution in [0.5, 0.6) is 0 Å². The highest BCUT2D eigenvalue weighted by Crippen LogP contribution is 2.20. The molecule has 0 aliphatic carbocycles. The van der Waals surface area contributed by atoms with Crippen molar-refractivity contribution in [2.75, 3.05) is 0 Å². The molecule has 0 aliphatic rings. The molecule has 2 aromatic rings. The summed E-state index contributed by atoms with van der Waals surface area (Å²) in [7, 11) is 0. The fourth-order valence-corrected chi connectivity index (χ4v) is 2.49. The molecule has 0 heterocycles. The summed E-state index contributed by atoms with van der Waals surface area (Å²) in [5.74, 6) is 0.204. The minimum absolute atomic E-state index is 0. The van der Waals surface area contributed by atoms with E-state index in [9.17, 15) is 9.59 Å². The first-order valence-corrected chi connectivity index (χ1v) is 7.93. The third-order valence-corrected chi connectivity index (χ3v) is 3.79. The smallest absolute Gasteiger partial charge is 0.162 e. The van der Waals surface area contributed by atoms with Gasteiger partial charge in [0.1, 0.15) is 6.29 Å². The standard InChI is InChI=1S/C20H22O2.CH4/c21-16-8-3-1-2-7-11-20(22)19-14-12-18(13-15-19)17-9-5-4-6-10-17;/h4-6,9-10,12-16H,1-3,7-8,11H2;1H4. The van der Waals surface area contributed by atoms with Gasteiger partial charge in [0, 0.05) is 18.4 Å². The van der Waals surface area contributed by atoms with E-state index < -0.39 is 0 Å². The molecule has 0 spiro atoms. The second-order valence-electron chi connectivity index (χ2n) is 5.49. The summed E-state index contributed by atoms with van der Waals surface area (Å²) in [6.07, 6.45) is 6.06. The summed E-state index contributed by atoms with van der Waals surface area (Å²) in [4.78, 5) is 22.3. The van der Waals surface area contributed by atoms with Crippen molar-refractivity contribution >= 4 is 12.1 Å². The van der Waals surface area contributed by atoms with Crippen molar-refractivity contribution in [3.8, 4) is 11.1 Å². The van der Waals surface area contributed by atoms with Crippen LogP contribution >= 0.6 is 0 Å². The normalized spacial score (nSPS) is 9.91. The molecule has 2 aromatic carbocycles. The van der Waals surface area contributed by atoms with E-state index in [0.29, 0.717) is 12.8 Å². The minimum Gasteiger partial charge on any atom is -0.303 e. The Bertz CT molecular complexity index is 585. The van der Waals surface area contributed by atoms with Gasteiger partial charge in [-0.15, -0.1) is 0 Å². The molecule has 0 aromatic heterocycles. The first kappa shape index (κ1) is 18.8. The highest BCUT2D eigenvalue weighted by atomic mass is 16.1. The molecule has 0 atom stereocenters. The molecule has 23 heavy (non-hydrogen) atoms. The fraction of sp³-hybridized carbons (Fsp3) is 0.333. The lowest BCUT2D eigenvalue weighted by molar-refractivity contribution is -0.107. The molecule has 0 saturated heterocycles. The van der Waals surface area contributed by atoms with Gasteiger partial charge in [-0.1, -0.05) is 74.9 Å². The average Bonchev–Trinajstić information content (AvgIpc) is 2.59. The quantitative estimate of drug-likeness (QED) is 0.337. The van der Waals surface area contributed by atoms with Gasteiger partial charge in [-0.2, -0.15) is 0 Å². The Morgan fingerprint density at radius 1 is 0.783 bits per heavy atom. The zero-order valence-electron chi connectivity index (χ0n) is 12.8. The van der Waals surface area contributed by atoms with E-state index in [4.69, 9.17) is 0 Å². The molecule has 2 heteroatoms. The summed E-state index contributed by atoms with van der Waals surface area (Å²) in [5.41, 5.74) is 3.08. The molecule has 0 radical (unpaired) electrons. The van der Waals surface area contributed by atoms with Crippen LogP contribution in [-0.4, -0.2) is 12.1 Å². The lowest BCUT2D eigenvalue weighted by Crippen LogP contribution is -1.98. The van der Waals surface area contributed by atoms with Crippen LogP contribution in [0.4, 0.5) is 0 Å². The predicted molar refractivity (Wildman–Crippen MR) is 96.7 cm³/mol. The van der Waals surface area contributed by atoms with Gasteiger partial charge in [0.15, 0.2) is 5.78 Å². The Morgan fingerprint density at radius 2 is 1.39 bits per heavy atom. The van der Waals surface area contributed by atoms with Gasteiger partial charge in [-0.05, 0) is 24.0 Å². The number of hydrogen-bond acceptors (Lipinski definition) is 2. The van der Waals surface area contributed by atoms with Gasteiger partial charge in [0.2, 0.25) is 0 Å². The molecule has 2 rings (SSSR count). The van der Waals surface area contributed by atoms with Crippen LogP contribution in [-0.2, 0) is 4.79 Å². The van der Waals surface area contributed by atoms with Crippen LogP contribution in [0.15, 0.2) is 54.6 Å². The Balaban J connectivity index is 0.00000264. The molecule has 0 saturated carbocycles. The number of carbonyl (C=O) groups is 2. The van der Waals surface area contributed by atoms with Crippen molar-refractivity contribution in [2.24, 2.45) is 0 Å². The number of ketones is 1. The highest BCUT2D eigenvalue weighted by molar-refractivity contribution is 5.96. The summed E-state index contributed by atoms with van der Waals surface area (Å²) >= 11 is 0. The van der Waals surface area contributed by atoms with Gasteiger partial charge in [-0.3, -0.25) is 4.79 Å². The summed E-state index contributed by atoms with van der Waals surface area (Å²) < 4.78 is 0. The second kappa shape index (κ2) is 10.5. The van der Waals surface area contributed by atoms with Crippen molar-refractivity contribution in [2.45, 2.75) is 46.0 Å². The van der Waals surface area contributed by atoms with Gasteiger partial charge in [-0.25, -0.2) is 0 Å². The van der Waals surface area contributed by atoms with Gasteiger partial charge in [0.05, 0.1) is 0 Å². The van der Waals surface area contributed by atoms with E-state index in [1.54, 1.807) is 0 Å². The number of rotatable bonds is 9. The zero-order valence-corrected chi connectivity index (χ0v) is 12.8. The topological polar surface area (TPSA) is 34.1 Å². The minimum atomic E-state index is 0. The Kier molecular flexibility index (Phi) is 8.59. The van der Waals surface area contributed by atoms with E-state index in [2.05, 4.69) is 12.1 Å². The zero-order chi connectivity index (χ0) is 15.6. The van der Waals surface area contributed by atoms with E-state index in [1.165, 1.54) is 0 Å². The summed E-state index contributed by atoms with van der Waals surface area (Å²) in [5, 5.41) is 0. The van der Waals surface area contributed by atoms with Crippen LogP contribution in [0.3, 0.4) is 0 Å². The Labute approximate surface area is 139 Å². The van der Waals surface area contributed by atoms with Crippen molar-refractivity contribution in [3.63, 3.8) is 0 Å².